The minimum atomic E-state index is 0.585. The lowest BCUT2D eigenvalue weighted by Crippen LogP contribution is -2.46. The fourth-order valence-corrected chi connectivity index (χ4v) is 3.43. The fourth-order valence-electron chi connectivity index (χ4n) is 3.43. The summed E-state index contributed by atoms with van der Waals surface area (Å²) < 4.78 is 10.7. The molecule has 0 radical (unpaired) electrons. The maximum atomic E-state index is 5.37. The van der Waals surface area contributed by atoms with Crippen LogP contribution in [0.5, 0.6) is 11.5 Å². The predicted octanol–water partition coefficient (Wildman–Crippen LogP) is 2.29. The van der Waals surface area contributed by atoms with Gasteiger partial charge in [0.25, 0.3) is 0 Å². The minimum Gasteiger partial charge on any atom is -0.493 e. The van der Waals surface area contributed by atoms with E-state index in [1.165, 1.54) is 31.5 Å². The molecule has 0 spiro atoms. The minimum absolute atomic E-state index is 0.585. The number of ether oxygens (including phenoxy) is 2. The van der Waals surface area contributed by atoms with E-state index in [2.05, 4.69) is 33.5 Å². The summed E-state index contributed by atoms with van der Waals surface area (Å²) in [6.07, 6.45) is 4.71. The van der Waals surface area contributed by atoms with Gasteiger partial charge < -0.3 is 20.1 Å². The molecule has 0 bridgehead atoms. The van der Waals surface area contributed by atoms with Crippen LogP contribution in [0.2, 0.25) is 0 Å². The molecule has 1 fully saturated rings. The van der Waals surface area contributed by atoms with Crippen LogP contribution >= 0.6 is 0 Å². The molecule has 0 aromatic heterocycles. The zero-order valence-corrected chi connectivity index (χ0v) is 16.7. The van der Waals surface area contributed by atoms with Crippen molar-refractivity contribution in [3.8, 4) is 11.5 Å². The Kier molecular flexibility index (Phi) is 8.54. The van der Waals surface area contributed by atoms with Crippen molar-refractivity contribution in [2.24, 2.45) is 4.99 Å². The topological polar surface area (TPSA) is 58.1 Å². The van der Waals surface area contributed by atoms with E-state index in [0.29, 0.717) is 6.04 Å². The normalized spacial score (nSPS) is 16.4. The van der Waals surface area contributed by atoms with E-state index in [4.69, 9.17) is 9.47 Å². The molecule has 2 N–H and O–H groups in total. The molecule has 1 unspecified atom stereocenters. The van der Waals surface area contributed by atoms with Gasteiger partial charge in [-0.1, -0.05) is 13.0 Å². The molecule has 1 aliphatic rings. The van der Waals surface area contributed by atoms with Crippen molar-refractivity contribution in [3.63, 3.8) is 0 Å². The van der Waals surface area contributed by atoms with E-state index in [1.54, 1.807) is 14.2 Å². The molecular weight excluding hydrogens is 328 g/mol. The molecule has 0 amide bonds. The SMILES string of the molecule is CCC(CNC(=NC)NCCc1ccc(OC)c(OC)c1)N1CCCC1. The number of aliphatic imine (C=N–C) groups is 1. The number of likely N-dealkylation sites (tertiary alicyclic amines) is 1. The van der Waals surface area contributed by atoms with Crippen LogP contribution in [0.15, 0.2) is 23.2 Å². The van der Waals surface area contributed by atoms with Crippen LogP contribution in [0, 0.1) is 0 Å². The van der Waals surface area contributed by atoms with Gasteiger partial charge in [0.15, 0.2) is 17.5 Å². The highest BCUT2D eigenvalue weighted by Crippen LogP contribution is 2.27. The molecule has 2 rings (SSSR count). The Hall–Kier alpha value is -1.95. The molecule has 1 heterocycles. The van der Waals surface area contributed by atoms with Crippen LogP contribution in [0.4, 0.5) is 0 Å². The van der Waals surface area contributed by atoms with Crippen LogP contribution < -0.4 is 20.1 Å². The Morgan fingerprint density at radius 3 is 2.50 bits per heavy atom. The lowest BCUT2D eigenvalue weighted by Gasteiger charge is -2.27. The van der Waals surface area contributed by atoms with Crippen molar-refractivity contribution < 1.29 is 9.47 Å². The third kappa shape index (κ3) is 5.80. The number of methoxy groups -OCH3 is 2. The van der Waals surface area contributed by atoms with Gasteiger partial charge in [-0.05, 0) is 56.5 Å². The van der Waals surface area contributed by atoms with Gasteiger partial charge in [0.2, 0.25) is 0 Å². The van der Waals surface area contributed by atoms with Crippen molar-refractivity contribution in [3.05, 3.63) is 23.8 Å². The van der Waals surface area contributed by atoms with Gasteiger partial charge >= 0.3 is 0 Å². The van der Waals surface area contributed by atoms with Crippen LogP contribution in [-0.4, -0.2) is 64.3 Å². The Bertz CT molecular complexity index is 571. The summed E-state index contributed by atoms with van der Waals surface area (Å²) in [6.45, 7) is 6.47. The molecular formula is C20H34N4O2. The maximum Gasteiger partial charge on any atom is 0.191 e. The van der Waals surface area contributed by atoms with Gasteiger partial charge in [-0.3, -0.25) is 9.89 Å². The Morgan fingerprint density at radius 1 is 1.15 bits per heavy atom. The molecule has 1 atom stereocenters. The fraction of sp³-hybridized carbons (Fsp3) is 0.650. The number of nitrogens with one attached hydrogen (secondary N) is 2. The number of guanidine groups is 1. The molecule has 0 saturated carbocycles. The van der Waals surface area contributed by atoms with Gasteiger partial charge in [-0.2, -0.15) is 0 Å². The molecule has 0 aliphatic carbocycles. The molecule has 1 aliphatic heterocycles. The van der Waals surface area contributed by atoms with Crippen molar-refractivity contribution in [1.82, 2.24) is 15.5 Å². The third-order valence-corrected chi connectivity index (χ3v) is 5.01. The average Bonchev–Trinajstić information content (AvgIpc) is 3.21. The number of benzene rings is 1. The van der Waals surface area contributed by atoms with Gasteiger partial charge in [0, 0.05) is 26.2 Å². The van der Waals surface area contributed by atoms with E-state index < -0.39 is 0 Å². The highest BCUT2D eigenvalue weighted by molar-refractivity contribution is 5.79. The van der Waals surface area contributed by atoms with Crippen molar-refractivity contribution in [2.75, 3.05) is 47.4 Å². The van der Waals surface area contributed by atoms with Gasteiger partial charge in [0.1, 0.15) is 0 Å². The van der Waals surface area contributed by atoms with Gasteiger partial charge in [-0.25, -0.2) is 0 Å². The number of rotatable bonds is 9. The summed E-state index contributed by atoms with van der Waals surface area (Å²) in [5.41, 5.74) is 1.20. The van der Waals surface area contributed by atoms with E-state index >= 15 is 0 Å². The molecule has 1 saturated heterocycles. The van der Waals surface area contributed by atoms with Crippen LogP contribution in [0.25, 0.3) is 0 Å². The first-order chi connectivity index (χ1) is 12.7. The lowest BCUT2D eigenvalue weighted by molar-refractivity contribution is 0.236. The summed E-state index contributed by atoms with van der Waals surface area (Å²) in [6, 6.07) is 6.63. The van der Waals surface area contributed by atoms with Crippen LogP contribution in [0.1, 0.15) is 31.7 Å². The van der Waals surface area contributed by atoms with E-state index in [-0.39, 0.29) is 0 Å². The summed E-state index contributed by atoms with van der Waals surface area (Å²) in [4.78, 5) is 6.93. The summed E-state index contributed by atoms with van der Waals surface area (Å²) in [7, 11) is 5.14. The van der Waals surface area contributed by atoms with E-state index in [1.807, 2.05) is 19.2 Å². The summed E-state index contributed by atoms with van der Waals surface area (Å²) >= 11 is 0. The Labute approximate surface area is 158 Å². The molecule has 6 nitrogen and oxygen atoms in total. The molecule has 26 heavy (non-hydrogen) atoms. The maximum absolute atomic E-state index is 5.37. The highest BCUT2D eigenvalue weighted by Gasteiger charge is 2.20. The van der Waals surface area contributed by atoms with Crippen LogP contribution in [0.3, 0.4) is 0 Å². The molecule has 1 aromatic rings. The number of nitrogens with zero attached hydrogens (tertiary/aromatic N) is 2. The third-order valence-electron chi connectivity index (χ3n) is 5.01. The number of hydrogen-bond acceptors (Lipinski definition) is 4. The predicted molar refractivity (Wildman–Crippen MR) is 108 cm³/mol. The Balaban J connectivity index is 1.78. The van der Waals surface area contributed by atoms with E-state index in [0.717, 1.165) is 43.4 Å². The van der Waals surface area contributed by atoms with Crippen molar-refractivity contribution in [1.29, 1.82) is 0 Å². The van der Waals surface area contributed by atoms with Gasteiger partial charge in [-0.15, -0.1) is 0 Å². The average molecular weight is 363 g/mol. The summed E-state index contributed by atoms with van der Waals surface area (Å²) in [5.74, 6) is 2.39. The quantitative estimate of drug-likeness (QED) is 0.521. The van der Waals surface area contributed by atoms with E-state index in [9.17, 15) is 0 Å². The van der Waals surface area contributed by atoms with Crippen molar-refractivity contribution in [2.45, 2.75) is 38.6 Å². The first-order valence-corrected chi connectivity index (χ1v) is 9.61. The largest absolute Gasteiger partial charge is 0.493 e. The van der Waals surface area contributed by atoms with Gasteiger partial charge in [0.05, 0.1) is 14.2 Å². The zero-order valence-electron chi connectivity index (χ0n) is 16.7. The standard InChI is InChI=1S/C20H34N4O2/c1-5-17(24-12-6-7-13-24)15-23-20(21-2)22-11-10-16-8-9-18(25-3)19(14-16)26-4/h8-9,14,17H,5-7,10-13,15H2,1-4H3,(H2,21,22,23). The van der Waals surface area contributed by atoms with Crippen molar-refractivity contribution >= 4 is 5.96 Å². The van der Waals surface area contributed by atoms with Crippen LogP contribution in [-0.2, 0) is 6.42 Å². The smallest absolute Gasteiger partial charge is 0.191 e. The monoisotopic (exact) mass is 362 g/mol. The second kappa shape index (κ2) is 10.9. The summed E-state index contributed by atoms with van der Waals surface area (Å²) in [5, 5.41) is 6.88. The number of hydrogen-bond donors (Lipinski definition) is 2. The first-order valence-electron chi connectivity index (χ1n) is 9.61. The Morgan fingerprint density at radius 2 is 1.88 bits per heavy atom. The second-order valence-corrected chi connectivity index (χ2v) is 6.62. The molecule has 146 valence electrons. The second-order valence-electron chi connectivity index (χ2n) is 6.62. The molecule has 6 heteroatoms. The lowest BCUT2D eigenvalue weighted by atomic mass is 10.1. The first kappa shape index (κ1) is 20.4. The zero-order chi connectivity index (χ0) is 18.8. The molecule has 1 aromatic carbocycles. The highest BCUT2D eigenvalue weighted by atomic mass is 16.5.